The Labute approximate surface area is 214 Å². The van der Waals surface area contributed by atoms with E-state index in [-0.39, 0.29) is 11.5 Å². The van der Waals surface area contributed by atoms with Crippen LogP contribution in [0.25, 0.3) is 22.6 Å². The third-order valence-electron chi connectivity index (χ3n) is 6.94. The first-order valence-corrected chi connectivity index (χ1v) is 12.7. The molecule has 1 amide bonds. The summed E-state index contributed by atoms with van der Waals surface area (Å²) >= 11 is 6.79. The third kappa shape index (κ3) is 4.30. The van der Waals surface area contributed by atoms with Crippen molar-refractivity contribution in [1.82, 2.24) is 29.4 Å². The van der Waals surface area contributed by atoms with Crippen molar-refractivity contribution in [2.45, 2.75) is 51.7 Å². The molecule has 8 nitrogen and oxygen atoms in total. The van der Waals surface area contributed by atoms with Crippen molar-refractivity contribution in [2.24, 2.45) is 0 Å². The zero-order valence-electron chi connectivity index (χ0n) is 20.4. The second-order valence-electron chi connectivity index (χ2n) is 9.94. The van der Waals surface area contributed by atoms with Gasteiger partial charge in [0.2, 0.25) is 5.88 Å². The molecule has 1 saturated heterocycles. The predicted octanol–water partition coefficient (Wildman–Crippen LogP) is 5.07. The number of hydrogen-bond acceptors (Lipinski definition) is 6. The quantitative estimate of drug-likeness (QED) is 0.366. The average molecular weight is 503 g/mol. The molecule has 2 fully saturated rings. The van der Waals surface area contributed by atoms with Crippen LogP contribution in [-0.4, -0.2) is 54.0 Å². The second-order valence-corrected chi connectivity index (χ2v) is 10.4. The standard InChI is InChI=1S/C27H27ClN6O2/c1-17-7-10-29-19(13-17)15-34-23(32-22-24(34)30-16-31-25(22)36-27(2)8-9-27)20-6-5-18(14-21(20)28)26(35)33-11-3-4-12-33/h5-7,10,13-14,16H,3-4,8-9,11-12,15H2,1-2H3. The van der Waals surface area contributed by atoms with E-state index in [1.165, 1.54) is 6.33 Å². The largest absolute Gasteiger partial charge is 0.470 e. The lowest BCUT2D eigenvalue weighted by Gasteiger charge is -2.16. The van der Waals surface area contributed by atoms with Gasteiger partial charge in [0.05, 0.1) is 17.3 Å². The predicted molar refractivity (Wildman–Crippen MR) is 137 cm³/mol. The number of aryl methyl sites for hydroxylation is 1. The van der Waals surface area contributed by atoms with Gasteiger partial charge in [-0.05, 0) is 75.4 Å². The molecule has 2 aliphatic rings. The number of halogens is 1. The van der Waals surface area contributed by atoms with E-state index >= 15 is 0 Å². The molecule has 0 bridgehead atoms. The van der Waals surface area contributed by atoms with Crippen molar-refractivity contribution in [3.63, 3.8) is 0 Å². The fourth-order valence-corrected chi connectivity index (χ4v) is 4.90. The summed E-state index contributed by atoms with van der Waals surface area (Å²) in [5, 5.41) is 0.457. The minimum Gasteiger partial charge on any atom is -0.470 e. The lowest BCUT2D eigenvalue weighted by Crippen LogP contribution is -2.27. The first kappa shape index (κ1) is 22.9. The monoisotopic (exact) mass is 502 g/mol. The summed E-state index contributed by atoms with van der Waals surface area (Å²) in [5.74, 6) is 1.11. The van der Waals surface area contributed by atoms with Crippen molar-refractivity contribution in [3.05, 3.63) is 64.7 Å². The number of rotatable bonds is 6. The molecule has 0 unspecified atom stereocenters. The van der Waals surface area contributed by atoms with Crippen LogP contribution in [0.1, 0.15) is 54.2 Å². The molecule has 0 radical (unpaired) electrons. The van der Waals surface area contributed by atoms with E-state index in [9.17, 15) is 4.79 Å². The number of amides is 1. The molecule has 1 aromatic carbocycles. The smallest absolute Gasteiger partial charge is 0.253 e. The van der Waals surface area contributed by atoms with Crippen molar-refractivity contribution in [1.29, 1.82) is 0 Å². The number of aromatic nitrogens is 5. The summed E-state index contributed by atoms with van der Waals surface area (Å²) < 4.78 is 8.20. The summed E-state index contributed by atoms with van der Waals surface area (Å²) in [4.78, 5) is 33.2. The van der Waals surface area contributed by atoms with E-state index in [0.717, 1.165) is 50.0 Å². The summed E-state index contributed by atoms with van der Waals surface area (Å²) in [6.45, 7) is 6.14. The number of fused-ring (bicyclic) bond motifs is 1. The first-order valence-electron chi connectivity index (χ1n) is 12.3. The van der Waals surface area contributed by atoms with Crippen molar-refractivity contribution in [2.75, 3.05) is 13.1 Å². The minimum atomic E-state index is -0.210. The summed E-state index contributed by atoms with van der Waals surface area (Å²) in [6, 6.07) is 9.43. The van der Waals surface area contributed by atoms with Gasteiger partial charge in [0.25, 0.3) is 5.91 Å². The number of carbonyl (C=O) groups is 1. The van der Waals surface area contributed by atoms with Crippen molar-refractivity contribution < 1.29 is 9.53 Å². The van der Waals surface area contributed by atoms with Crippen molar-refractivity contribution >= 4 is 28.7 Å². The molecule has 0 atom stereocenters. The van der Waals surface area contributed by atoms with E-state index in [2.05, 4.69) is 21.9 Å². The van der Waals surface area contributed by atoms with Gasteiger partial charge < -0.3 is 14.2 Å². The average Bonchev–Trinajstić information content (AvgIpc) is 3.23. The molecule has 0 spiro atoms. The van der Waals surface area contributed by atoms with E-state index in [0.29, 0.717) is 45.6 Å². The van der Waals surface area contributed by atoms with Crippen LogP contribution in [0.15, 0.2) is 42.9 Å². The summed E-state index contributed by atoms with van der Waals surface area (Å²) in [7, 11) is 0. The molecule has 9 heteroatoms. The van der Waals surface area contributed by atoms with Gasteiger partial charge >= 0.3 is 0 Å². The molecule has 0 N–H and O–H groups in total. The number of nitrogens with zero attached hydrogens (tertiary/aromatic N) is 6. The Balaban J connectivity index is 1.46. The van der Waals surface area contributed by atoms with Crippen LogP contribution in [0.3, 0.4) is 0 Å². The van der Waals surface area contributed by atoms with Gasteiger partial charge in [-0.3, -0.25) is 9.78 Å². The van der Waals surface area contributed by atoms with Crippen LogP contribution in [0.5, 0.6) is 5.88 Å². The van der Waals surface area contributed by atoms with Crippen molar-refractivity contribution in [3.8, 4) is 17.3 Å². The van der Waals surface area contributed by atoms with E-state index in [1.54, 1.807) is 12.3 Å². The van der Waals surface area contributed by atoms with Gasteiger partial charge in [-0.15, -0.1) is 0 Å². The van der Waals surface area contributed by atoms with Crippen LogP contribution < -0.4 is 4.74 Å². The molecular weight excluding hydrogens is 476 g/mol. The number of carbonyl (C=O) groups excluding carboxylic acids is 1. The number of benzene rings is 1. The van der Waals surface area contributed by atoms with Gasteiger partial charge in [-0.25, -0.2) is 9.97 Å². The fraction of sp³-hybridized carbons (Fsp3) is 0.370. The Morgan fingerprint density at radius 1 is 1.11 bits per heavy atom. The Hall–Kier alpha value is -3.52. The Bertz CT molecular complexity index is 1470. The van der Waals surface area contributed by atoms with Crippen LogP contribution in [0.4, 0.5) is 0 Å². The Morgan fingerprint density at radius 2 is 1.92 bits per heavy atom. The lowest BCUT2D eigenvalue weighted by atomic mass is 10.1. The van der Waals surface area contributed by atoms with Gasteiger partial charge in [-0.1, -0.05) is 11.6 Å². The highest BCUT2D eigenvalue weighted by Crippen LogP contribution is 2.41. The maximum absolute atomic E-state index is 12.9. The summed E-state index contributed by atoms with van der Waals surface area (Å²) in [5.41, 5.74) is 4.32. The second kappa shape index (κ2) is 8.85. The number of likely N-dealkylation sites (tertiary alicyclic amines) is 1. The molecule has 36 heavy (non-hydrogen) atoms. The SMILES string of the molecule is Cc1ccnc(Cn2c(-c3ccc(C(=O)N4CCCC4)cc3Cl)nc3c(OC4(C)CC4)ncnc32)c1. The molecular formula is C27H27ClN6O2. The molecule has 4 aromatic rings. The van der Waals surface area contributed by atoms with Crippen LogP contribution >= 0.6 is 11.6 Å². The van der Waals surface area contributed by atoms with Crippen LogP contribution in [-0.2, 0) is 6.54 Å². The maximum Gasteiger partial charge on any atom is 0.253 e. The topological polar surface area (TPSA) is 86.0 Å². The number of ether oxygens (including phenoxy) is 1. The van der Waals surface area contributed by atoms with Gasteiger partial charge in [0.15, 0.2) is 11.2 Å². The Morgan fingerprint density at radius 3 is 2.64 bits per heavy atom. The Kier molecular flexibility index (Phi) is 5.63. The fourth-order valence-electron chi connectivity index (χ4n) is 4.64. The van der Waals surface area contributed by atoms with Gasteiger partial charge in [0, 0.05) is 30.4 Å². The summed E-state index contributed by atoms with van der Waals surface area (Å²) in [6.07, 6.45) is 7.36. The number of pyridine rings is 1. The van der Waals surface area contributed by atoms with E-state index in [1.807, 2.05) is 40.7 Å². The normalized spacial score (nSPS) is 16.5. The van der Waals surface area contributed by atoms with E-state index in [4.69, 9.17) is 21.3 Å². The highest BCUT2D eigenvalue weighted by Gasteiger charge is 2.41. The zero-order chi connectivity index (χ0) is 24.9. The van der Waals surface area contributed by atoms with Gasteiger partial charge in [-0.2, -0.15) is 4.98 Å². The molecule has 1 saturated carbocycles. The molecule has 1 aliphatic heterocycles. The highest BCUT2D eigenvalue weighted by molar-refractivity contribution is 6.33. The highest BCUT2D eigenvalue weighted by atomic mass is 35.5. The van der Waals surface area contributed by atoms with E-state index < -0.39 is 0 Å². The molecule has 4 heterocycles. The molecule has 3 aromatic heterocycles. The minimum absolute atomic E-state index is 0.0117. The number of hydrogen-bond donors (Lipinski definition) is 0. The molecule has 1 aliphatic carbocycles. The van der Waals surface area contributed by atoms with Crippen LogP contribution in [0.2, 0.25) is 5.02 Å². The lowest BCUT2D eigenvalue weighted by molar-refractivity contribution is 0.0793. The molecule has 184 valence electrons. The molecule has 6 rings (SSSR count). The van der Waals surface area contributed by atoms with Gasteiger partial charge in [0.1, 0.15) is 17.8 Å². The first-order chi connectivity index (χ1) is 17.4. The zero-order valence-corrected chi connectivity index (χ0v) is 21.1. The number of imidazole rings is 1. The third-order valence-corrected chi connectivity index (χ3v) is 7.25. The maximum atomic E-state index is 12.9. The van der Waals surface area contributed by atoms with Crippen LogP contribution in [0, 0.1) is 6.92 Å².